The van der Waals surface area contributed by atoms with Crippen LogP contribution in [0.25, 0.3) is 0 Å². The Kier molecular flexibility index (Phi) is 5.54. The number of nitrogens with zero attached hydrogens (tertiary/aromatic N) is 3. The van der Waals surface area contributed by atoms with Gasteiger partial charge in [-0.1, -0.05) is 30.3 Å². The molecular weight excluding hydrogens is 406 g/mol. The van der Waals surface area contributed by atoms with Gasteiger partial charge in [-0.05, 0) is 19.4 Å². The third-order valence-corrected chi connectivity index (χ3v) is 7.83. The molecule has 1 aromatic carbocycles. The maximum atomic E-state index is 12.9. The fraction of sp³-hybridized carbons (Fsp3) is 0.571. The molecule has 0 radical (unpaired) electrons. The van der Waals surface area contributed by atoms with E-state index in [1.807, 2.05) is 18.2 Å². The molecule has 3 fully saturated rings. The number of aliphatic hydroxyl groups excluding tert-OH is 1. The molecule has 3 aliphatic rings. The number of carboxylic acids is 1. The predicted molar refractivity (Wildman–Crippen MR) is 112 cm³/mol. The number of thioether (sulfide) groups is 1. The smallest absolute Gasteiger partial charge is 0.327 e. The van der Waals surface area contributed by atoms with E-state index < -0.39 is 46.0 Å². The van der Waals surface area contributed by atoms with Gasteiger partial charge in [-0.2, -0.15) is 0 Å². The van der Waals surface area contributed by atoms with Crippen LogP contribution in [0.4, 0.5) is 0 Å². The Bertz CT molecular complexity index is 840. The number of rotatable bonds is 5. The Morgan fingerprint density at radius 2 is 1.80 bits per heavy atom. The molecule has 0 spiro atoms. The molecule has 0 unspecified atom stereocenters. The second-order valence-corrected chi connectivity index (χ2v) is 10.4. The molecule has 9 heteroatoms. The van der Waals surface area contributed by atoms with Gasteiger partial charge in [0.2, 0.25) is 5.91 Å². The van der Waals surface area contributed by atoms with Gasteiger partial charge in [0.25, 0.3) is 5.91 Å². The molecule has 8 nitrogen and oxygen atoms in total. The van der Waals surface area contributed by atoms with E-state index in [1.54, 1.807) is 18.7 Å². The van der Waals surface area contributed by atoms with E-state index in [0.717, 1.165) is 6.54 Å². The molecule has 4 atom stereocenters. The van der Waals surface area contributed by atoms with Crippen LogP contribution in [0.3, 0.4) is 0 Å². The van der Waals surface area contributed by atoms with Crippen LogP contribution < -0.4 is 0 Å². The summed E-state index contributed by atoms with van der Waals surface area (Å²) in [5.74, 6) is -2.83. The maximum absolute atomic E-state index is 12.9. The summed E-state index contributed by atoms with van der Waals surface area (Å²) in [4.78, 5) is 42.3. The Balaban J connectivity index is 1.35. The number of benzene rings is 1. The lowest BCUT2D eigenvalue weighted by molar-refractivity contribution is -0.173. The van der Waals surface area contributed by atoms with Crippen molar-refractivity contribution < 1.29 is 24.6 Å². The highest BCUT2D eigenvalue weighted by molar-refractivity contribution is 8.01. The minimum Gasteiger partial charge on any atom is -0.480 e. The van der Waals surface area contributed by atoms with Crippen LogP contribution in [0.5, 0.6) is 0 Å². The SMILES string of the molecule is CC1(C)S[C@@H]2[C@H]([C@H](O)C(=O)N3CCN(Cc4ccccc4)CC3)C(=O)N2[C@H]1C(=O)O. The summed E-state index contributed by atoms with van der Waals surface area (Å²) >= 11 is 1.35. The van der Waals surface area contributed by atoms with Gasteiger partial charge in [0, 0.05) is 37.5 Å². The monoisotopic (exact) mass is 433 g/mol. The van der Waals surface area contributed by atoms with Crippen LogP contribution in [-0.4, -0.2) is 91.1 Å². The van der Waals surface area contributed by atoms with Crippen molar-refractivity contribution in [2.75, 3.05) is 26.2 Å². The second kappa shape index (κ2) is 7.86. The summed E-state index contributed by atoms with van der Waals surface area (Å²) in [5.41, 5.74) is 1.21. The molecule has 3 saturated heterocycles. The number of aliphatic carboxylic acids is 1. The van der Waals surface area contributed by atoms with Gasteiger partial charge in [0.1, 0.15) is 18.1 Å². The molecule has 0 aliphatic carbocycles. The van der Waals surface area contributed by atoms with E-state index in [9.17, 15) is 24.6 Å². The Morgan fingerprint density at radius 3 is 2.40 bits per heavy atom. The fourth-order valence-electron chi connectivity index (χ4n) is 4.64. The first-order chi connectivity index (χ1) is 14.2. The molecule has 3 heterocycles. The first-order valence-corrected chi connectivity index (χ1v) is 11.0. The zero-order chi connectivity index (χ0) is 21.6. The molecule has 1 aromatic rings. The summed E-state index contributed by atoms with van der Waals surface area (Å²) in [7, 11) is 0. The molecule has 30 heavy (non-hydrogen) atoms. The number of β-lactam (4-membered cyclic amide) rings is 1. The summed E-state index contributed by atoms with van der Waals surface area (Å²) in [6.45, 7) is 6.75. The first-order valence-electron chi connectivity index (χ1n) is 10.2. The zero-order valence-electron chi connectivity index (χ0n) is 17.1. The Labute approximate surface area is 179 Å². The summed E-state index contributed by atoms with van der Waals surface area (Å²) in [5, 5.41) is 19.7. The highest BCUT2D eigenvalue weighted by Crippen LogP contribution is 2.54. The van der Waals surface area contributed by atoms with Crippen molar-refractivity contribution >= 4 is 29.5 Å². The first kappa shape index (κ1) is 21.1. The third kappa shape index (κ3) is 3.59. The summed E-state index contributed by atoms with van der Waals surface area (Å²) < 4.78 is -0.674. The van der Waals surface area contributed by atoms with Gasteiger partial charge in [0.05, 0.1) is 5.37 Å². The Hall–Kier alpha value is -2.10. The van der Waals surface area contributed by atoms with Gasteiger partial charge in [-0.25, -0.2) is 4.79 Å². The Morgan fingerprint density at radius 1 is 1.17 bits per heavy atom. The number of carboxylic acid groups (broad SMARTS) is 1. The predicted octanol–water partition coefficient (Wildman–Crippen LogP) is 0.455. The van der Waals surface area contributed by atoms with Crippen molar-refractivity contribution in [2.45, 2.75) is 42.7 Å². The average Bonchev–Trinajstić information content (AvgIpc) is 2.96. The van der Waals surface area contributed by atoms with Crippen LogP contribution in [0.2, 0.25) is 0 Å². The largest absolute Gasteiger partial charge is 0.480 e. The molecule has 2 amide bonds. The van der Waals surface area contributed by atoms with E-state index in [0.29, 0.717) is 26.2 Å². The number of carbonyl (C=O) groups excluding carboxylic acids is 2. The van der Waals surface area contributed by atoms with Gasteiger partial charge >= 0.3 is 5.97 Å². The van der Waals surface area contributed by atoms with Crippen molar-refractivity contribution in [1.29, 1.82) is 0 Å². The summed E-state index contributed by atoms with van der Waals surface area (Å²) in [6, 6.07) is 9.18. The van der Waals surface area contributed by atoms with Crippen LogP contribution in [0.1, 0.15) is 19.4 Å². The fourth-order valence-corrected chi connectivity index (χ4v) is 6.36. The minimum atomic E-state index is -1.43. The van der Waals surface area contributed by atoms with Crippen molar-refractivity contribution in [1.82, 2.24) is 14.7 Å². The van der Waals surface area contributed by atoms with Gasteiger partial charge < -0.3 is 20.0 Å². The van der Waals surface area contributed by atoms with Crippen LogP contribution in [0.15, 0.2) is 30.3 Å². The van der Waals surface area contributed by atoms with E-state index in [4.69, 9.17) is 0 Å². The third-order valence-electron chi connectivity index (χ3n) is 6.24. The lowest BCUT2D eigenvalue weighted by Crippen LogP contribution is -2.67. The van der Waals surface area contributed by atoms with Gasteiger partial charge in [0.15, 0.2) is 0 Å². The van der Waals surface area contributed by atoms with Crippen LogP contribution in [0, 0.1) is 5.92 Å². The van der Waals surface area contributed by atoms with Gasteiger partial charge in [-0.3, -0.25) is 14.5 Å². The molecule has 4 rings (SSSR count). The quantitative estimate of drug-likeness (QED) is 0.651. The highest BCUT2D eigenvalue weighted by Gasteiger charge is 2.66. The topological polar surface area (TPSA) is 101 Å². The molecule has 162 valence electrons. The normalized spacial score (nSPS) is 29.3. The number of amides is 2. The molecule has 2 N–H and O–H groups in total. The molecule has 0 bridgehead atoms. The summed E-state index contributed by atoms with van der Waals surface area (Å²) in [6.07, 6.45) is -1.43. The number of piperazine rings is 1. The number of fused-ring (bicyclic) bond motifs is 1. The number of hydrogen-bond acceptors (Lipinski definition) is 6. The number of aliphatic hydroxyl groups is 1. The van der Waals surface area contributed by atoms with E-state index in [2.05, 4.69) is 17.0 Å². The number of carbonyl (C=O) groups is 3. The van der Waals surface area contributed by atoms with E-state index >= 15 is 0 Å². The zero-order valence-corrected chi connectivity index (χ0v) is 17.9. The van der Waals surface area contributed by atoms with E-state index in [-0.39, 0.29) is 0 Å². The molecular formula is C21H27N3O5S. The standard InChI is InChI=1S/C21H27N3O5S/c1-21(2)16(20(28)29)24-17(26)14(19(24)30-21)15(25)18(27)23-10-8-22(9-11-23)12-13-6-4-3-5-7-13/h3-7,14-16,19,25H,8-12H2,1-2H3,(H,28,29)/t14-,15+,16+,19-/m1/s1. The van der Waals surface area contributed by atoms with Gasteiger partial charge in [-0.15, -0.1) is 11.8 Å². The minimum absolute atomic E-state index is 0.440. The van der Waals surface area contributed by atoms with Crippen molar-refractivity contribution in [3.05, 3.63) is 35.9 Å². The van der Waals surface area contributed by atoms with Crippen molar-refractivity contribution in [3.63, 3.8) is 0 Å². The second-order valence-electron chi connectivity index (χ2n) is 8.66. The van der Waals surface area contributed by atoms with Crippen LogP contribution >= 0.6 is 11.8 Å². The molecule has 0 aromatic heterocycles. The lowest BCUT2D eigenvalue weighted by Gasteiger charge is -2.46. The maximum Gasteiger partial charge on any atom is 0.327 e. The van der Waals surface area contributed by atoms with E-state index in [1.165, 1.54) is 22.2 Å². The highest BCUT2D eigenvalue weighted by atomic mass is 32.2. The molecule has 3 aliphatic heterocycles. The lowest BCUT2D eigenvalue weighted by atomic mass is 9.87. The van der Waals surface area contributed by atoms with Crippen molar-refractivity contribution in [2.24, 2.45) is 5.92 Å². The average molecular weight is 434 g/mol. The van der Waals surface area contributed by atoms with Crippen LogP contribution in [-0.2, 0) is 20.9 Å². The molecule has 0 saturated carbocycles. The number of hydrogen-bond donors (Lipinski definition) is 2. The van der Waals surface area contributed by atoms with Crippen molar-refractivity contribution in [3.8, 4) is 0 Å².